The van der Waals surface area contributed by atoms with E-state index < -0.39 is 0 Å². The van der Waals surface area contributed by atoms with Crippen molar-refractivity contribution in [2.75, 3.05) is 0 Å². The van der Waals surface area contributed by atoms with Gasteiger partial charge in [0.2, 0.25) is 5.82 Å². The maximum Gasteiger partial charge on any atom is 0.290 e. The molecule has 0 radical (unpaired) electrons. The standard InChI is InChI=1S/C16H15N3O.C8H6ClN3O/c1-10-7-11(2)9-13(8-10)16-17-15-12(3)5-4-6-14(15)19(20)18-16;1-5-3-2-4-6-7(5)10-8(9)11-12(6)13/h4-9H,1-3H3;2-4H,1H3. The van der Waals surface area contributed by atoms with E-state index in [0.29, 0.717) is 37.6 Å². The fraction of sp³-hybridized carbons (Fsp3) is 0.167. The van der Waals surface area contributed by atoms with Gasteiger partial charge in [0.25, 0.3) is 16.3 Å². The normalized spacial score (nSPS) is 10.8. The summed E-state index contributed by atoms with van der Waals surface area (Å²) >= 11 is 5.55. The number of nitrogens with zero attached hydrogens (tertiary/aromatic N) is 6. The summed E-state index contributed by atoms with van der Waals surface area (Å²) in [5.74, 6) is 0.466. The van der Waals surface area contributed by atoms with Crippen LogP contribution in [0.5, 0.6) is 0 Å². The molecule has 3 aromatic carbocycles. The molecule has 8 nitrogen and oxygen atoms in total. The van der Waals surface area contributed by atoms with E-state index in [1.807, 2.05) is 58.0 Å². The maximum absolute atomic E-state index is 12.1. The van der Waals surface area contributed by atoms with Crippen molar-refractivity contribution in [3.8, 4) is 11.4 Å². The van der Waals surface area contributed by atoms with Gasteiger partial charge in [-0.05, 0) is 72.2 Å². The number of para-hydroxylation sites is 2. The molecule has 0 fully saturated rings. The van der Waals surface area contributed by atoms with Crippen LogP contribution in [0.15, 0.2) is 54.6 Å². The van der Waals surface area contributed by atoms with E-state index in [2.05, 4.69) is 26.2 Å². The van der Waals surface area contributed by atoms with Gasteiger partial charge in [-0.25, -0.2) is 9.97 Å². The average Bonchev–Trinajstić information content (AvgIpc) is 2.75. The number of aromatic nitrogens is 6. The number of hydrogen-bond acceptors (Lipinski definition) is 6. The van der Waals surface area contributed by atoms with Crippen molar-refractivity contribution in [1.82, 2.24) is 20.2 Å². The number of halogens is 1. The Bertz CT molecular complexity index is 1490. The second kappa shape index (κ2) is 8.91. The molecular formula is C24H21ClN6O2. The van der Waals surface area contributed by atoms with E-state index >= 15 is 0 Å². The summed E-state index contributed by atoms with van der Waals surface area (Å²) in [5.41, 5.74) is 7.24. The van der Waals surface area contributed by atoms with Crippen molar-refractivity contribution in [3.63, 3.8) is 0 Å². The Balaban J connectivity index is 0.000000172. The highest BCUT2D eigenvalue weighted by atomic mass is 35.5. The second-order valence-electron chi connectivity index (χ2n) is 7.82. The van der Waals surface area contributed by atoms with Gasteiger partial charge in [-0.15, -0.1) is 0 Å². The van der Waals surface area contributed by atoms with Gasteiger partial charge in [-0.3, -0.25) is 0 Å². The fourth-order valence-electron chi connectivity index (χ4n) is 3.62. The SMILES string of the molecule is Cc1cc(C)cc(-c2nc3c(C)cccc3[n+]([O-])n2)c1.Cc1cccc2c1nc(Cl)n[n+]2[O-]. The van der Waals surface area contributed by atoms with E-state index in [1.54, 1.807) is 18.2 Å². The van der Waals surface area contributed by atoms with Crippen LogP contribution in [-0.4, -0.2) is 20.2 Å². The summed E-state index contributed by atoms with van der Waals surface area (Å²) in [6.07, 6.45) is 0. The van der Waals surface area contributed by atoms with Gasteiger partial charge in [0, 0.05) is 27.9 Å². The second-order valence-corrected chi connectivity index (χ2v) is 8.16. The average molecular weight is 461 g/mol. The summed E-state index contributed by atoms with van der Waals surface area (Å²) in [7, 11) is 0. The van der Waals surface area contributed by atoms with Gasteiger partial charge in [-0.1, -0.05) is 41.5 Å². The quantitative estimate of drug-likeness (QED) is 0.275. The zero-order chi connectivity index (χ0) is 23.7. The van der Waals surface area contributed by atoms with Crippen molar-refractivity contribution in [3.05, 3.63) is 92.5 Å². The molecule has 0 amide bonds. The van der Waals surface area contributed by atoms with Crippen molar-refractivity contribution in [1.29, 1.82) is 0 Å². The first-order valence-corrected chi connectivity index (χ1v) is 10.6. The highest BCUT2D eigenvalue weighted by Gasteiger charge is 2.14. The molecule has 2 heterocycles. The molecule has 0 bridgehead atoms. The first kappa shape index (κ1) is 22.3. The number of rotatable bonds is 1. The lowest BCUT2D eigenvalue weighted by Crippen LogP contribution is -2.33. The van der Waals surface area contributed by atoms with E-state index in [4.69, 9.17) is 11.6 Å². The van der Waals surface area contributed by atoms with Gasteiger partial charge in [0.05, 0.1) is 0 Å². The van der Waals surface area contributed by atoms with E-state index in [9.17, 15) is 10.4 Å². The Morgan fingerprint density at radius 2 is 1.21 bits per heavy atom. The van der Waals surface area contributed by atoms with Gasteiger partial charge in [0.1, 0.15) is 11.0 Å². The van der Waals surface area contributed by atoms with Gasteiger partial charge in [0.15, 0.2) is 0 Å². The molecule has 0 saturated heterocycles. The predicted octanol–water partition coefficient (Wildman–Crippen LogP) is 4.08. The third-order valence-electron chi connectivity index (χ3n) is 5.11. The lowest BCUT2D eigenvalue weighted by molar-refractivity contribution is -0.643. The van der Waals surface area contributed by atoms with Crippen molar-refractivity contribution >= 4 is 33.7 Å². The minimum Gasteiger partial charge on any atom is -0.594 e. The molecule has 33 heavy (non-hydrogen) atoms. The molecule has 166 valence electrons. The van der Waals surface area contributed by atoms with Crippen LogP contribution in [0, 0.1) is 38.1 Å². The largest absolute Gasteiger partial charge is 0.594 e. The Kier molecular flexibility index (Phi) is 6.02. The zero-order valence-electron chi connectivity index (χ0n) is 18.6. The lowest BCUT2D eigenvalue weighted by Gasteiger charge is -2.06. The molecule has 0 aliphatic carbocycles. The fourth-order valence-corrected chi connectivity index (χ4v) is 3.78. The predicted molar refractivity (Wildman–Crippen MR) is 126 cm³/mol. The van der Waals surface area contributed by atoms with E-state index in [-0.39, 0.29) is 5.28 Å². The summed E-state index contributed by atoms with van der Waals surface area (Å²) in [4.78, 5) is 9.66. The van der Waals surface area contributed by atoms with E-state index in [0.717, 1.165) is 27.8 Å². The summed E-state index contributed by atoms with van der Waals surface area (Å²) in [6.45, 7) is 7.86. The molecule has 5 aromatic rings. The van der Waals surface area contributed by atoms with Gasteiger partial charge in [-0.2, -0.15) is 0 Å². The molecule has 0 aliphatic heterocycles. The third kappa shape index (κ3) is 4.65. The summed E-state index contributed by atoms with van der Waals surface area (Å²) in [6, 6.07) is 16.9. The van der Waals surface area contributed by atoms with Crippen LogP contribution < -0.4 is 9.69 Å². The molecule has 2 aromatic heterocycles. The highest BCUT2D eigenvalue weighted by molar-refractivity contribution is 6.28. The molecule has 0 atom stereocenters. The van der Waals surface area contributed by atoms with Crippen LogP contribution in [0.3, 0.4) is 0 Å². The maximum atomic E-state index is 12.1. The summed E-state index contributed by atoms with van der Waals surface area (Å²) in [5, 5.41) is 30.8. The van der Waals surface area contributed by atoms with Crippen molar-refractivity contribution < 1.29 is 9.69 Å². The van der Waals surface area contributed by atoms with Crippen LogP contribution in [0.1, 0.15) is 22.3 Å². The lowest BCUT2D eigenvalue weighted by atomic mass is 10.1. The highest BCUT2D eigenvalue weighted by Crippen LogP contribution is 2.20. The Morgan fingerprint density at radius 1 is 0.697 bits per heavy atom. The number of fused-ring (bicyclic) bond motifs is 2. The molecule has 5 rings (SSSR count). The zero-order valence-corrected chi connectivity index (χ0v) is 19.3. The van der Waals surface area contributed by atoms with Crippen LogP contribution >= 0.6 is 11.6 Å². The topological polar surface area (TPSA) is 105 Å². The molecule has 9 heteroatoms. The first-order valence-electron chi connectivity index (χ1n) is 10.2. The molecule has 0 aliphatic rings. The van der Waals surface area contributed by atoms with Crippen LogP contribution in [0.4, 0.5) is 0 Å². The Hall–Kier alpha value is -3.91. The monoisotopic (exact) mass is 460 g/mol. The smallest absolute Gasteiger partial charge is 0.290 e. The Labute approximate surface area is 195 Å². The molecular weight excluding hydrogens is 440 g/mol. The minimum atomic E-state index is -0.0307. The van der Waals surface area contributed by atoms with Crippen LogP contribution in [0.25, 0.3) is 33.5 Å². The minimum absolute atomic E-state index is 0.0307. The molecule has 0 spiro atoms. The summed E-state index contributed by atoms with van der Waals surface area (Å²) < 4.78 is 0. The number of hydrogen-bond donors (Lipinski definition) is 0. The Morgan fingerprint density at radius 3 is 1.79 bits per heavy atom. The van der Waals surface area contributed by atoms with Crippen LogP contribution in [-0.2, 0) is 0 Å². The van der Waals surface area contributed by atoms with Crippen molar-refractivity contribution in [2.45, 2.75) is 27.7 Å². The number of aryl methyl sites for hydroxylation is 4. The van der Waals surface area contributed by atoms with Gasteiger partial charge >= 0.3 is 0 Å². The third-order valence-corrected chi connectivity index (χ3v) is 5.27. The molecule has 0 N–H and O–H groups in total. The number of benzene rings is 3. The van der Waals surface area contributed by atoms with E-state index in [1.165, 1.54) is 0 Å². The molecule has 0 unspecified atom stereocenters. The van der Waals surface area contributed by atoms with Crippen LogP contribution in [0.2, 0.25) is 5.28 Å². The molecule has 0 saturated carbocycles. The first-order chi connectivity index (χ1) is 15.7. The van der Waals surface area contributed by atoms with Gasteiger partial charge < -0.3 is 10.4 Å². The van der Waals surface area contributed by atoms with Crippen molar-refractivity contribution in [2.24, 2.45) is 0 Å².